The van der Waals surface area contributed by atoms with Crippen molar-refractivity contribution in [2.45, 2.75) is 37.8 Å². The normalized spacial score (nSPS) is 12.3. The number of nitrogens with zero attached hydrogens (tertiary/aromatic N) is 2. The highest BCUT2D eigenvalue weighted by molar-refractivity contribution is 5.75. The summed E-state index contributed by atoms with van der Waals surface area (Å²) in [7, 11) is 6.79. The molecule has 164 valence electrons. The molecule has 10 N–H and O–H groups in total. The maximum atomic E-state index is 10.7. The van der Waals surface area contributed by atoms with Gasteiger partial charge < -0.3 is 37.2 Å². The van der Waals surface area contributed by atoms with Crippen LogP contribution in [0, 0.1) is 10.8 Å². The maximum absolute atomic E-state index is 10.7. The van der Waals surface area contributed by atoms with Crippen molar-refractivity contribution >= 4 is 23.9 Å². The summed E-state index contributed by atoms with van der Waals surface area (Å²) in [5, 5.41) is 36.8. The fourth-order valence-electron chi connectivity index (χ4n) is 2.17. The van der Waals surface area contributed by atoms with Crippen LogP contribution in [0.1, 0.15) is 25.7 Å². The zero-order chi connectivity index (χ0) is 22.3. The number of nitrogens with two attached hydrogens (primary N) is 2. The Morgan fingerprint density at radius 2 is 1.61 bits per heavy atom. The van der Waals surface area contributed by atoms with Crippen molar-refractivity contribution in [3.05, 3.63) is 0 Å². The second-order valence-electron chi connectivity index (χ2n) is 6.43. The Morgan fingerprint density at radius 3 is 1.96 bits per heavy atom. The summed E-state index contributed by atoms with van der Waals surface area (Å²) in [5.74, 6) is -1.75. The van der Waals surface area contributed by atoms with Gasteiger partial charge in [0.25, 0.3) is 0 Å². The zero-order valence-corrected chi connectivity index (χ0v) is 17.2. The van der Waals surface area contributed by atoms with Crippen molar-refractivity contribution < 1.29 is 19.8 Å². The van der Waals surface area contributed by atoms with Crippen LogP contribution in [0.25, 0.3) is 0 Å². The second kappa shape index (κ2) is 15.5. The Balaban J connectivity index is 0. The lowest BCUT2D eigenvalue weighted by Gasteiger charge is -2.19. The third-order valence-corrected chi connectivity index (χ3v) is 3.92. The van der Waals surface area contributed by atoms with E-state index in [2.05, 4.69) is 10.6 Å². The van der Waals surface area contributed by atoms with E-state index in [-0.39, 0.29) is 11.9 Å². The van der Waals surface area contributed by atoms with Gasteiger partial charge >= 0.3 is 11.9 Å². The molecule has 0 saturated carbocycles. The molecule has 0 bridgehead atoms. The van der Waals surface area contributed by atoms with Crippen molar-refractivity contribution in [3.63, 3.8) is 0 Å². The Labute approximate surface area is 166 Å². The Morgan fingerprint density at radius 1 is 1.04 bits per heavy atom. The van der Waals surface area contributed by atoms with Crippen LogP contribution in [-0.4, -0.2) is 97.2 Å². The fourth-order valence-corrected chi connectivity index (χ4v) is 2.17. The summed E-state index contributed by atoms with van der Waals surface area (Å²) >= 11 is 0. The molecule has 0 saturated heterocycles. The van der Waals surface area contributed by atoms with Crippen molar-refractivity contribution in [3.8, 4) is 0 Å². The van der Waals surface area contributed by atoms with Crippen LogP contribution < -0.4 is 22.1 Å². The predicted molar refractivity (Wildman–Crippen MR) is 109 cm³/mol. The number of likely N-dealkylation sites (N-methyl/N-ethyl adjacent to an activating group) is 2. The number of guanidine groups is 2. The van der Waals surface area contributed by atoms with Crippen LogP contribution in [0.3, 0.4) is 0 Å². The molecule has 0 unspecified atom stereocenters. The molecule has 0 rings (SSSR count). The minimum Gasteiger partial charge on any atom is -0.480 e. The number of carbonyl (C=O) groups is 2. The zero-order valence-electron chi connectivity index (χ0n) is 17.2. The predicted octanol–water partition coefficient (Wildman–Crippen LogP) is -1.47. The number of carboxylic acids is 2. The topological polar surface area (TPSA) is 205 Å². The lowest BCUT2D eigenvalue weighted by Crippen LogP contribution is -2.37. The summed E-state index contributed by atoms with van der Waals surface area (Å²) < 4.78 is 0. The van der Waals surface area contributed by atoms with Crippen LogP contribution in [0.15, 0.2) is 0 Å². The molecule has 28 heavy (non-hydrogen) atoms. The molecule has 0 amide bonds. The van der Waals surface area contributed by atoms with Crippen LogP contribution >= 0.6 is 0 Å². The first kappa shape index (κ1) is 27.6. The molecule has 12 heteroatoms. The van der Waals surface area contributed by atoms with E-state index in [0.29, 0.717) is 38.8 Å². The highest BCUT2D eigenvalue weighted by Gasteiger charge is 2.18. The van der Waals surface area contributed by atoms with Crippen LogP contribution in [-0.2, 0) is 9.59 Å². The van der Waals surface area contributed by atoms with Gasteiger partial charge in [0.15, 0.2) is 11.9 Å². The monoisotopic (exact) mass is 404 g/mol. The third kappa shape index (κ3) is 14.6. The molecule has 12 nitrogen and oxygen atoms in total. The molecule has 0 aromatic rings. The highest BCUT2D eigenvalue weighted by Crippen LogP contribution is 2.02. The Hall–Kier alpha value is -2.60. The van der Waals surface area contributed by atoms with Gasteiger partial charge in [-0.3, -0.25) is 25.3 Å². The van der Waals surface area contributed by atoms with E-state index in [1.54, 1.807) is 38.0 Å². The minimum absolute atomic E-state index is 0.00123. The number of hydrogen-bond acceptors (Lipinski definition) is 6. The number of aliphatic carboxylic acids is 2. The molecule has 0 aliphatic carbocycles. The summed E-state index contributed by atoms with van der Waals surface area (Å²) in [6.45, 7) is 1.13. The first-order valence-electron chi connectivity index (χ1n) is 8.86. The second-order valence-corrected chi connectivity index (χ2v) is 6.43. The standard InChI is InChI=1S/2C8H18N4O2/c1-12(2)6(7(13)14)4-3-5-11-8(9)10;1-11-6(7(13)14)4-3-5-12(2)8(9)10/h6H,3-5H2,1-2H3,(H,13,14)(H4,9,10,11);6,11H,3-5H2,1-2H3,(H3,9,10)(H,13,14)/t2*6-/m00/s1. The van der Waals surface area contributed by atoms with Crippen molar-refractivity contribution in [2.75, 3.05) is 41.3 Å². The lowest BCUT2D eigenvalue weighted by atomic mass is 10.1. The molecule has 0 fully saturated rings. The van der Waals surface area contributed by atoms with Gasteiger partial charge in [0.05, 0.1) is 0 Å². The van der Waals surface area contributed by atoms with Gasteiger partial charge in [-0.2, -0.15) is 0 Å². The van der Waals surface area contributed by atoms with Crippen LogP contribution in [0.4, 0.5) is 0 Å². The Kier molecular flexibility index (Phi) is 15.2. The first-order valence-corrected chi connectivity index (χ1v) is 8.86. The molecule has 0 heterocycles. The molecule has 0 aliphatic rings. The van der Waals surface area contributed by atoms with Gasteiger partial charge in [-0.15, -0.1) is 0 Å². The molecule has 0 aromatic carbocycles. The molecule has 0 aliphatic heterocycles. The molecule has 0 radical (unpaired) electrons. The number of nitrogens with one attached hydrogen (secondary N) is 4. The van der Waals surface area contributed by atoms with E-state index in [4.69, 9.17) is 32.5 Å². The number of rotatable bonds is 12. The van der Waals surface area contributed by atoms with Gasteiger partial charge in [-0.1, -0.05) is 0 Å². The van der Waals surface area contributed by atoms with Gasteiger partial charge in [0, 0.05) is 20.1 Å². The van der Waals surface area contributed by atoms with Gasteiger partial charge in [0.2, 0.25) is 0 Å². The van der Waals surface area contributed by atoms with Crippen LogP contribution in [0.5, 0.6) is 0 Å². The summed E-state index contributed by atoms with van der Waals surface area (Å²) in [4.78, 5) is 24.6. The van der Waals surface area contributed by atoms with Gasteiger partial charge in [0.1, 0.15) is 12.1 Å². The minimum atomic E-state index is -0.849. The van der Waals surface area contributed by atoms with Gasteiger partial charge in [-0.05, 0) is 46.8 Å². The van der Waals surface area contributed by atoms with E-state index in [1.165, 1.54) is 0 Å². The van der Waals surface area contributed by atoms with E-state index in [0.717, 1.165) is 0 Å². The largest absolute Gasteiger partial charge is 0.480 e. The fraction of sp³-hybridized carbons (Fsp3) is 0.750. The maximum Gasteiger partial charge on any atom is 0.320 e. The van der Waals surface area contributed by atoms with Gasteiger partial charge in [-0.25, -0.2) is 0 Å². The van der Waals surface area contributed by atoms with Crippen LogP contribution in [0.2, 0.25) is 0 Å². The quantitative estimate of drug-likeness (QED) is 0.108. The molecule has 0 aromatic heterocycles. The SMILES string of the molecule is CN(C)[C@@H](CCCNC(=N)N)C(=O)O.CN[C@@H](CCCN(C)C(=N)N)C(=O)O. The molecule has 0 spiro atoms. The summed E-state index contributed by atoms with van der Waals surface area (Å²) in [6, 6.07) is -0.987. The van der Waals surface area contributed by atoms with Crippen molar-refractivity contribution in [1.29, 1.82) is 10.8 Å². The highest BCUT2D eigenvalue weighted by atomic mass is 16.4. The van der Waals surface area contributed by atoms with Crippen molar-refractivity contribution in [2.24, 2.45) is 11.5 Å². The van der Waals surface area contributed by atoms with Crippen molar-refractivity contribution in [1.82, 2.24) is 20.4 Å². The third-order valence-electron chi connectivity index (χ3n) is 3.92. The summed E-state index contributed by atoms with van der Waals surface area (Å²) in [6.07, 6.45) is 2.44. The molecular formula is C16H36N8O4. The summed E-state index contributed by atoms with van der Waals surface area (Å²) in [5.41, 5.74) is 10.3. The lowest BCUT2D eigenvalue weighted by molar-refractivity contribution is -0.142. The first-order chi connectivity index (χ1) is 12.9. The van der Waals surface area contributed by atoms with E-state index >= 15 is 0 Å². The smallest absolute Gasteiger partial charge is 0.320 e. The average molecular weight is 405 g/mol. The molecular weight excluding hydrogens is 368 g/mol. The van der Waals surface area contributed by atoms with E-state index in [9.17, 15) is 9.59 Å². The average Bonchev–Trinajstić information content (AvgIpc) is 2.57. The number of hydrogen-bond donors (Lipinski definition) is 8. The number of carboxylic acid groups (broad SMARTS) is 2. The molecule has 2 atom stereocenters. The van der Waals surface area contributed by atoms with E-state index < -0.39 is 24.0 Å². The Bertz CT molecular complexity index is 501. The van der Waals surface area contributed by atoms with E-state index in [1.807, 2.05) is 0 Å².